The summed E-state index contributed by atoms with van der Waals surface area (Å²) in [5, 5.41) is 14.6. The van der Waals surface area contributed by atoms with Gasteiger partial charge in [-0.3, -0.25) is 4.79 Å². The van der Waals surface area contributed by atoms with Gasteiger partial charge < -0.3 is 15.7 Å². The maximum atomic E-state index is 12.1. The van der Waals surface area contributed by atoms with Crippen molar-refractivity contribution in [2.45, 2.75) is 44.6 Å². The molecule has 1 fully saturated rings. The molecule has 20 heavy (non-hydrogen) atoms. The highest BCUT2D eigenvalue weighted by atomic mass is 16.4. The summed E-state index contributed by atoms with van der Waals surface area (Å²) in [6.07, 6.45) is 3.22. The van der Waals surface area contributed by atoms with E-state index in [-0.39, 0.29) is 12.5 Å². The third-order valence-corrected chi connectivity index (χ3v) is 3.83. The van der Waals surface area contributed by atoms with Crippen LogP contribution in [-0.4, -0.2) is 22.6 Å². The van der Waals surface area contributed by atoms with E-state index in [9.17, 15) is 9.59 Å². The van der Waals surface area contributed by atoms with Crippen molar-refractivity contribution in [3.8, 4) is 0 Å². The van der Waals surface area contributed by atoms with Crippen molar-refractivity contribution < 1.29 is 14.7 Å². The number of urea groups is 1. The number of aliphatic carboxylic acids is 1. The van der Waals surface area contributed by atoms with Gasteiger partial charge in [0.15, 0.2) is 0 Å². The second-order valence-electron chi connectivity index (χ2n) is 5.29. The summed E-state index contributed by atoms with van der Waals surface area (Å²) in [6, 6.07) is 7.28. The molecule has 2 amide bonds. The van der Waals surface area contributed by atoms with Gasteiger partial charge in [-0.15, -0.1) is 0 Å². The summed E-state index contributed by atoms with van der Waals surface area (Å²) >= 11 is 0. The van der Waals surface area contributed by atoms with Crippen LogP contribution in [0.15, 0.2) is 24.3 Å². The minimum absolute atomic E-state index is 0.0180. The number of carboxylic acids is 1. The third-order valence-electron chi connectivity index (χ3n) is 3.83. The highest BCUT2D eigenvalue weighted by molar-refractivity contribution is 5.91. The summed E-state index contributed by atoms with van der Waals surface area (Å²) < 4.78 is 0. The quantitative estimate of drug-likeness (QED) is 0.773. The van der Waals surface area contributed by atoms with Crippen LogP contribution in [0.5, 0.6) is 0 Å². The van der Waals surface area contributed by atoms with Crippen LogP contribution in [0.1, 0.15) is 38.2 Å². The molecule has 3 N–H and O–H groups in total. The molecule has 1 aromatic rings. The number of para-hydroxylation sites is 1. The molecule has 1 aliphatic rings. The molecule has 0 unspecified atom stereocenters. The maximum Gasteiger partial charge on any atom is 0.319 e. The van der Waals surface area contributed by atoms with Crippen molar-refractivity contribution in [1.29, 1.82) is 0 Å². The van der Waals surface area contributed by atoms with Crippen LogP contribution in [0.2, 0.25) is 0 Å². The zero-order chi connectivity index (χ0) is 14.6. The first kappa shape index (κ1) is 14.4. The molecule has 0 atom stereocenters. The molecule has 0 aromatic heterocycles. The first-order chi connectivity index (χ1) is 9.54. The average molecular weight is 276 g/mol. The lowest BCUT2D eigenvalue weighted by atomic mass is 9.74. The Bertz CT molecular complexity index is 510. The van der Waals surface area contributed by atoms with E-state index < -0.39 is 11.5 Å². The van der Waals surface area contributed by atoms with E-state index >= 15 is 0 Å². The van der Waals surface area contributed by atoms with Crippen LogP contribution in [0, 0.1) is 0 Å². The number of carbonyl (C=O) groups is 2. The van der Waals surface area contributed by atoms with E-state index in [1.54, 1.807) is 0 Å². The van der Waals surface area contributed by atoms with Crippen molar-refractivity contribution in [1.82, 2.24) is 5.32 Å². The van der Waals surface area contributed by atoms with Gasteiger partial charge in [0.05, 0.1) is 12.0 Å². The number of carboxylic acid groups (broad SMARTS) is 1. The molecule has 5 heteroatoms. The number of nitrogens with one attached hydrogen (secondary N) is 2. The van der Waals surface area contributed by atoms with Crippen LogP contribution in [0.25, 0.3) is 0 Å². The van der Waals surface area contributed by atoms with Crippen LogP contribution in [0.3, 0.4) is 0 Å². The topological polar surface area (TPSA) is 78.4 Å². The molecule has 0 bridgehead atoms. The van der Waals surface area contributed by atoms with Gasteiger partial charge in [-0.1, -0.05) is 25.1 Å². The molecule has 1 aromatic carbocycles. The molecular formula is C15H20N2O3. The number of hydrogen-bond acceptors (Lipinski definition) is 2. The van der Waals surface area contributed by atoms with E-state index in [2.05, 4.69) is 10.6 Å². The zero-order valence-electron chi connectivity index (χ0n) is 11.6. The van der Waals surface area contributed by atoms with Gasteiger partial charge in [0.2, 0.25) is 0 Å². The first-order valence-electron chi connectivity index (χ1n) is 6.93. The Hall–Kier alpha value is -2.04. The summed E-state index contributed by atoms with van der Waals surface area (Å²) in [4.78, 5) is 22.9. The van der Waals surface area contributed by atoms with Gasteiger partial charge in [0.1, 0.15) is 0 Å². The fraction of sp³-hybridized carbons (Fsp3) is 0.467. The minimum atomic E-state index is -0.876. The molecule has 0 radical (unpaired) electrons. The Morgan fingerprint density at radius 1 is 1.30 bits per heavy atom. The van der Waals surface area contributed by atoms with Crippen molar-refractivity contribution >= 4 is 17.7 Å². The van der Waals surface area contributed by atoms with Crippen molar-refractivity contribution in [3.05, 3.63) is 29.8 Å². The number of amides is 2. The zero-order valence-corrected chi connectivity index (χ0v) is 11.6. The van der Waals surface area contributed by atoms with E-state index in [0.29, 0.717) is 0 Å². The Morgan fingerprint density at radius 2 is 2.00 bits per heavy atom. The van der Waals surface area contributed by atoms with Crippen molar-refractivity contribution in [2.75, 3.05) is 5.32 Å². The normalized spacial score (nSPS) is 16.1. The lowest BCUT2D eigenvalue weighted by Gasteiger charge is -2.41. The van der Waals surface area contributed by atoms with Crippen molar-refractivity contribution in [2.24, 2.45) is 0 Å². The number of rotatable bonds is 5. The van der Waals surface area contributed by atoms with Crippen LogP contribution >= 0.6 is 0 Å². The predicted molar refractivity (Wildman–Crippen MR) is 76.8 cm³/mol. The van der Waals surface area contributed by atoms with E-state index in [1.165, 1.54) is 0 Å². The van der Waals surface area contributed by atoms with Gasteiger partial charge >= 0.3 is 12.0 Å². The Labute approximate surface area is 118 Å². The molecule has 0 saturated heterocycles. The summed E-state index contributed by atoms with van der Waals surface area (Å²) in [5.74, 6) is -0.876. The standard InChI is InChI=1S/C15H20N2O3/c1-2-11-6-3-4-7-12(11)16-14(20)17-15(8-5-9-15)10-13(18)19/h3-4,6-7H,2,5,8-10H2,1H3,(H,18,19)(H2,16,17,20). The number of carbonyl (C=O) groups excluding carboxylic acids is 1. The molecule has 0 heterocycles. The fourth-order valence-electron chi connectivity index (χ4n) is 2.58. The molecule has 108 valence electrons. The first-order valence-corrected chi connectivity index (χ1v) is 6.93. The van der Waals surface area contributed by atoms with Gasteiger partial charge in [0.25, 0.3) is 0 Å². The number of aryl methyl sites for hydroxylation is 1. The number of benzene rings is 1. The third kappa shape index (κ3) is 3.29. The molecule has 0 aliphatic heterocycles. The Balaban J connectivity index is 2.00. The molecule has 0 spiro atoms. The van der Waals surface area contributed by atoms with Crippen LogP contribution < -0.4 is 10.6 Å². The number of hydrogen-bond donors (Lipinski definition) is 3. The summed E-state index contributed by atoms with van der Waals surface area (Å²) in [5.41, 5.74) is 1.26. The summed E-state index contributed by atoms with van der Waals surface area (Å²) in [6.45, 7) is 2.02. The molecule has 5 nitrogen and oxygen atoms in total. The van der Waals surface area contributed by atoms with E-state index in [1.807, 2.05) is 31.2 Å². The Morgan fingerprint density at radius 3 is 2.55 bits per heavy atom. The maximum absolute atomic E-state index is 12.1. The van der Waals surface area contributed by atoms with Gasteiger partial charge in [-0.25, -0.2) is 4.79 Å². The number of anilines is 1. The lowest BCUT2D eigenvalue weighted by molar-refractivity contribution is -0.139. The largest absolute Gasteiger partial charge is 0.481 e. The highest BCUT2D eigenvalue weighted by Crippen LogP contribution is 2.35. The lowest BCUT2D eigenvalue weighted by Crippen LogP contribution is -2.55. The Kier molecular flexibility index (Phi) is 4.27. The second-order valence-corrected chi connectivity index (χ2v) is 5.29. The smallest absolute Gasteiger partial charge is 0.319 e. The monoisotopic (exact) mass is 276 g/mol. The molecule has 2 rings (SSSR count). The van der Waals surface area contributed by atoms with Crippen LogP contribution in [-0.2, 0) is 11.2 Å². The van der Waals surface area contributed by atoms with Crippen LogP contribution in [0.4, 0.5) is 10.5 Å². The molecule has 1 saturated carbocycles. The highest BCUT2D eigenvalue weighted by Gasteiger charge is 2.40. The SMILES string of the molecule is CCc1ccccc1NC(=O)NC1(CC(=O)O)CCC1. The predicted octanol–water partition coefficient (Wildman–Crippen LogP) is 2.77. The van der Waals surface area contributed by atoms with E-state index in [0.717, 1.165) is 36.9 Å². The summed E-state index contributed by atoms with van der Waals surface area (Å²) in [7, 11) is 0. The van der Waals surface area contributed by atoms with Gasteiger partial charge in [-0.05, 0) is 37.3 Å². The van der Waals surface area contributed by atoms with Crippen molar-refractivity contribution in [3.63, 3.8) is 0 Å². The molecular weight excluding hydrogens is 256 g/mol. The van der Waals surface area contributed by atoms with E-state index in [4.69, 9.17) is 5.11 Å². The molecule has 1 aliphatic carbocycles. The second kappa shape index (κ2) is 5.94. The average Bonchev–Trinajstić information content (AvgIpc) is 2.36. The van der Waals surface area contributed by atoms with Gasteiger partial charge in [-0.2, -0.15) is 0 Å². The van der Waals surface area contributed by atoms with Gasteiger partial charge in [0, 0.05) is 5.69 Å². The minimum Gasteiger partial charge on any atom is -0.481 e. The fourth-order valence-corrected chi connectivity index (χ4v) is 2.58.